The normalized spacial score (nSPS) is 18.8. The lowest BCUT2D eigenvalue weighted by molar-refractivity contribution is -0.120. The van der Waals surface area contributed by atoms with E-state index in [1.807, 2.05) is 10.9 Å². The van der Waals surface area contributed by atoms with Gasteiger partial charge in [-0.25, -0.2) is 0 Å². The van der Waals surface area contributed by atoms with E-state index in [4.69, 9.17) is 0 Å². The third-order valence-electron chi connectivity index (χ3n) is 5.57. The summed E-state index contributed by atoms with van der Waals surface area (Å²) in [5.41, 5.74) is 4.17. The predicted octanol–water partition coefficient (Wildman–Crippen LogP) is 3.39. The molecule has 126 valence electrons. The summed E-state index contributed by atoms with van der Waals surface area (Å²) < 4.78 is 2.00. The second kappa shape index (κ2) is 6.42. The smallest absolute Gasteiger partial charge is 0.133 e. The molecule has 0 aliphatic heterocycles. The third kappa shape index (κ3) is 2.85. The molecule has 0 unspecified atom stereocenters. The monoisotopic (exact) mass is 323 g/mol. The van der Waals surface area contributed by atoms with E-state index in [0.717, 1.165) is 45.1 Å². The van der Waals surface area contributed by atoms with Crippen molar-refractivity contribution in [2.75, 3.05) is 4.90 Å². The zero-order valence-electron chi connectivity index (χ0n) is 14.3. The van der Waals surface area contributed by atoms with Gasteiger partial charge in [0.2, 0.25) is 0 Å². The summed E-state index contributed by atoms with van der Waals surface area (Å²) in [6.45, 7) is 3.01. The first kappa shape index (κ1) is 15.4. The molecule has 2 aliphatic rings. The minimum atomic E-state index is 0.421. The van der Waals surface area contributed by atoms with Crippen molar-refractivity contribution in [2.45, 2.75) is 64.1 Å². The molecule has 1 fully saturated rings. The molecule has 1 heterocycles. The number of hydrogen-bond acceptors (Lipinski definition) is 3. The van der Waals surface area contributed by atoms with Gasteiger partial charge in [-0.2, -0.15) is 5.10 Å². The SMILES string of the molecule is CCn1cc(N(C2CCC(=O)CC2)C2Cc3ccccc3C2)cn1. The zero-order valence-corrected chi connectivity index (χ0v) is 14.3. The highest BCUT2D eigenvalue weighted by Gasteiger charge is 2.34. The number of ketones is 1. The Morgan fingerprint density at radius 1 is 1.12 bits per heavy atom. The van der Waals surface area contributed by atoms with Crippen molar-refractivity contribution in [1.29, 1.82) is 0 Å². The van der Waals surface area contributed by atoms with Crippen molar-refractivity contribution in [2.24, 2.45) is 0 Å². The molecule has 24 heavy (non-hydrogen) atoms. The van der Waals surface area contributed by atoms with E-state index in [9.17, 15) is 4.79 Å². The molecule has 0 saturated heterocycles. The Morgan fingerprint density at radius 3 is 2.38 bits per heavy atom. The number of Topliss-reactive ketones (excluding diaryl/α,β-unsaturated/α-hetero) is 1. The second-order valence-electron chi connectivity index (χ2n) is 7.06. The molecule has 0 N–H and O–H groups in total. The van der Waals surface area contributed by atoms with Gasteiger partial charge in [-0.3, -0.25) is 9.48 Å². The van der Waals surface area contributed by atoms with Crippen molar-refractivity contribution >= 4 is 11.5 Å². The lowest BCUT2D eigenvalue weighted by Crippen LogP contribution is -2.45. The van der Waals surface area contributed by atoms with Crippen molar-refractivity contribution < 1.29 is 4.79 Å². The molecule has 2 aliphatic carbocycles. The topological polar surface area (TPSA) is 38.1 Å². The number of hydrogen-bond donors (Lipinski definition) is 0. The predicted molar refractivity (Wildman–Crippen MR) is 95.3 cm³/mol. The maximum absolute atomic E-state index is 11.7. The first-order valence-corrected chi connectivity index (χ1v) is 9.14. The summed E-state index contributed by atoms with van der Waals surface area (Å²) in [5, 5.41) is 4.49. The van der Waals surface area contributed by atoms with Crippen LogP contribution in [0.15, 0.2) is 36.7 Å². The number of rotatable bonds is 4. The first-order chi connectivity index (χ1) is 11.7. The van der Waals surface area contributed by atoms with Crippen LogP contribution in [-0.4, -0.2) is 27.6 Å². The van der Waals surface area contributed by atoms with Gasteiger partial charge in [-0.1, -0.05) is 24.3 Å². The van der Waals surface area contributed by atoms with E-state index >= 15 is 0 Å². The van der Waals surface area contributed by atoms with Gasteiger partial charge in [0.15, 0.2) is 0 Å². The Hall–Kier alpha value is -2.10. The van der Waals surface area contributed by atoms with Gasteiger partial charge < -0.3 is 4.90 Å². The van der Waals surface area contributed by atoms with E-state index in [0.29, 0.717) is 17.9 Å². The van der Waals surface area contributed by atoms with E-state index in [1.165, 1.54) is 16.8 Å². The molecule has 4 rings (SSSR count). The van der Waals surface area contributed by atoms with Crippen LogP contribution in [0.5, 0.6) is 0 Å². The van der Waals surface area contributed by atoms with Crippen LogP contribution in [-0.2, 0) is 24.2 Å². The minimum Gasteiger partial charge on any atom is -0.362 e. The molecule has 0 radical (unpaired) electrons. The molecule has 4 nitrogen and oxygen atoms in total. The average Bonchev–Trinajstić information content (AvgIpc) is 3.23. The largest absolute Gasteiger partial charge is 0.362 e. The quantitative estimate of drug-likeness (QED) is 0.865. The molecule has 2 aromatic rings. The number of aryl methyl sites for hydroxylation is 1. The van der Waals surface area contributed by atoms with E-state index < -0.39 is 0 Å². The minimum absolute atomic E-state index is 0.421. The van der Waals surface area contributed by atoms with E-state index in [2.05, 4.69) is 47.4 Å². The molecule has 0 amide bonds. The van der Waals surface area contributed by atoms with Crippen LogP contribution in [0, 0.1) is 0 Å². The van der Waals surface area contributed by atoms with Gasteiger partial charge in [0.25, 0.3) is 0 Å². The highest BCUT2D eigenvalue weighted by atomic mass is 16.1. The van der Waals surface area contributed by atoms with Crippen molar-refractivity contribution in [3.8, 4) is 0 Å². The average molecular weight is 323 g/mol. The molecule has 0 bridgehead atoms. The summed E-state index contributed by atoms with van der Waals surface area (Å²) in [4.78, 5) is 14.3. The Balaban J connectivity index is 1.62. The second-order valence-corrected chi connectivity index (χ2v) is 7.06. The van der Waals surface area contributed by atoms with Crippen LogP contribution in [0.25, 0.3) is 0 Å². The standard InChI is InChI=1S/C20H25N3O/c1-2-22-14-19(13-21-22)23(17-7-9-20(24)10-8-17)18-11-15-5-3-4-6-16(15)12-18/h3-6,13-14,17-18H,2,7-12H2,1H3. The number of fused-ring (bicyclic) bond motifs is 1. The van der Waals surface area contributed by atoms with Gasteiger partial charge in [0.05, 0.1) is 11.9 Å². The molecule has 1 aromatic carbocycles. The number of carbonyl (C=O) groups is 1. The maximum atomic E-state index is 11.7. The fraction of sp³-hybridized carbons (Fsp3) is 0.500. The molecular weight excluding hydrogens is 298 g/mol. The fourth-order valence-corrected chi connectivity index (χ4v) is 4.31. The first-order valence-electron chi connectivity index (χ1n) is 9.14. The Bertz CT molecular complexity index is 701. The van der Waals surface area contributed by atoms with Crippen LogP contribution in [0.2, 0.25) is 0 Å². The van der Waals surface area contributed by atoms with Gasteiger partial charge in [-0.05, 0) is 43.7 Å². The van der Waals surface area contributed by atoms with Crippen molar-refractivity contribution in [3.05, 3.63) is 47.8 Å². The Morgan fingerprint density at radius 2 is 1.79 bits per heavy atom. The summed E-state index contributed by atoms with van der Waals surface area (Å²) in [7, 11) is 0. The molecular formula is C20H25N3O. The number of carbonyl (C=O) groups excluding carboxylic acids is 1. The number of nitrogens with zero attached hydrogens (tertiary/aromatic N) is 3. The molecule has 1 saturated carbocycles. The van der Waals surface area contributed by atoms with Crippen LogP contribution in [0.4, 0.5) is 5.69 Å². The van der Waals surface area contributed by atoms with Crippen LogP contribution in [0.1, 0.15) is 43.7 Å². The van der Waals surface area contributed by atoms with Crippen LogP contribution >= 0.6 is 0 Å². The van der Waals surface area contributed by atoms with Gasteiger partial charge >= 0.3 is 0 Å². The highest BCUT2D eigenvalue weighted by Crippen LogP contribution is 2.34. The number of aromatic nitrogens is 2. The summed E-state index contributed by atoms with van der Waals surface area (Å²) in [6, 6.07) is 9.73. The lowest BCUT2D eigenvalue weighted by Gasteiger charge is -2.39. The zero-order chi connectivity index (χ0) is 16.5. The maximum Gasteiger partial charge on any atom is 0.133 e. The highest BCUT2D eigenvalue weighted by molar-refractivity contribution is 5.79. The molecule has 1 aromatic heterocycles. The Labute approximate surface area is 143 Å². The fourth-order valence-electron chi connectivity index (χ4n) is 4.31. The van der Waals surface area contributed by atoms with Crippen molar-refractivity contribution in [1.82, 2.24) is 9.78 Å². The lowest BCUT2D eigenvalue weighted by atomic mass is 9.91. The van der Waals surface area contributed by atoms with Crippen LogP contribution < -0.4 is 4.90 Å². The van der Waals surface area contributed by atoms with Gasteiger partial charge in [-0.15, -0.1) is 0 Å². The van der Waals surface area contributed by atoms with E-state index in [1.54, 1.807) is 0 Å². The molecule has 4 heteroatoms. The van der Waals surface area contributed by atoms with Gasteiger partial charge in [0, 0.05) is 37.7 Å². The Kier molecular flexibility index (Phi) is 4.13. The third-order valence-corrected chi connectivity index (χ3v) is 5.57. The summed E-state index contributed by atoms with van der Waals surface area (Å²) in [5.74, 6) is 0.421. The molecule has 0 spiro atoms. The van der Waals surface area contributed by atoms with Crippen molar-refractivity contribution in [3.63, 3.8) is 0 Å². The summed E-state index contributed by atoms with van der Waals surface area (Å²) in [6.07, 6.45) is 9.76. The van der Waals surface area contributed by atoms with E-state index in [-0.39, 0.29) is 0 Å². The number of benzene rings is 1. The van der Waals surface area contributed by atoms with Gasteiger partial charge in [0.1, 0.15) is 5.78 Å². The number of anilines is 1. The van der Waals surface area contributed by atoms with Crippen LogP contribution in [0.3, 0.4) is 0 Å². The molecule has 0 atom stereocenters. The summed E-state index contributed by atoms with van der Waals surface area (Å²) >= 11 is 0.